The van der Waals surface area contributed by atoms with E-state index in [4.69, 9.17) is 8.83 Å². The van der Waals surface area contributed by atoms with Crippen molar-refractivity contribution in [3.8, 4) is 22.3 Å². The van der Waals surface area contributed by atoms with Crippen molar-refractivity contribution >= 4 is 82.5 Å². The van der Waals surface area contributed by atoms with Crippen LogP contribution in [-0.2, 0) is 0 Å². The summed E-state index contributed by atoms with van der Waals surface area (Å²) in [6.45, 7) is 0. The maximum Gasteiger partial charge on any atom is 0.136 e. The lowest BCUT2D eigenvalue weighted by molar-refractivity contribution is 0.669. The van der Waals surface area contributed by atoms with Crippen molar-refractivity contribution in [2.45, 2.75) is 0 Å². The molecule has 0 amide bonds. The molecule has 0 bridgehead atoms. The predicted molar refractivity (Wildman–Crippen MR) is 222 cm³/mol. The van der Waals surface area contributed by atoms with Crippen molar-refractivity contribution in [3.63, 3.8) is 0 Å². The molecule has 0 fully saturated rings. The van der Waals surface area contributed by atoms with Crippen LogP contribution in [0.1, 0.15) is 0 Å². The average molecular weight is 678 g/mol. The van der Waals surface area contributed by atoms with Gasteiger partial charge in [-0.15, -0.1) is 0 Å². The topological polar surface area (TPSA) is 29.5 Å². The molecule has 0 aliphatic carbocycles. The van der Waals surface area contributed by atoms with E-state index in [9.17, 15) is 0 Å². The Morgan fingerprint density at radius 3 is 1.77 bits per heavy atom. The van der Waals surface area contributed by atoms with Crippen LogP contribution in [0.3, 0.4) is 0 Å². The van der Waals surface area contributed by atoms with Gasteiger partial charge in [-0.1, -0.05) is 115 Å². The Bertz CT molecular complexity index is 3170. The number of para-hydroxylation sites is 3. The molecule has 248 valence electrons. The zero-order valence-corrected chi connectivity index (χ0v) is 28.7. The van der Waals surface area contributed by atoms with Gasteiger partial charge in [-0.2, -0.15) is 0 Å². The molecule has 3 nitrogen and oxygen atoms in total. The van der Waals surface area contributed by atoms with Gasteiger partial charge in [0, 0.05) is 38.6 Å². The van der Waals surface area contributed by atoms with E-state index in [1.807, 2.05) is 18.2 Å². The molecule has 11 rings (SSSR count). The number of nitrogens with zero attached hydrogens (tertiary/aromatic N) is 1. The van der Waals surface area contributed by atoms with Crippen LogP contribution < -0.4 is 4.90 Å². The fourth-order valence-corrected chi connectivity index (χ4v) is 8.09. The molecular weight excluding hydrogens is 647 g/mol. The maximum absolute atomic E-state index is 6.58. The fraction of sp³-hybridized carbons (Fsp3) is 0. The SMILES string of the molecule is c1ccc(N(c2ccc(-c3ccc4ccccc4c3)cc2)c2ccc3c(-c4ccc5oc6ccccc6c5c4)cc4oc5ccccc5c4c3c2)cc1. The smallest absolute Gasteiger partial charge is 0.136 e. The van der Waals surface area contributed by atoms with Crippen LogP contribution >= 0.6 is 0 Å². The summed E-state index contributed by atoms with van der Waals surface area (Å²) in [6.07, 6.45) is 0. The summed E-state index contributed by atoms with van der Waals surface area (Å²) < 4.78 is 12.8. The van der Waals surface area contributed by atoms with Crippen LogP contribution in [0, 0.1) is 0 Å². The van der Waals surface area contributed by atoms with Crippen LogP contribution in [0.2, 0.25) is 0 Å². The Morgan fingerprint density at radius 2 is 0.925 bits per heavy atom. The van der Waals surface area contributed by atoms with Gasteiger partial charge in [-0.05, 0) is 117 Å². The van der Waals surface area contributed by atoms with Gasteiger partial charge in [0.05, 0.1) is 0 Å². The molecule has 0 saturated carbocycles. The Hall–Kier alpha value is -7.10. The molecule has 9 aromatic carbocycles. The Morgan fingerprint density at radius 1 is 0.302 bits per heavy atom. The molecule has 0 aliphatic heterocycles. The molecular formula is C50H31NO2. The third-order valence-electron chi connectivity index (χ3n) is 10.6. The highest BCUT2D eigenvalue weighted by Crippen LogP contribution is 2.44. The number of hydrogen-bond donors (Lipinski definition) is 0. The first-order valence-corrected chi connectivity index (χ1v) is 18.0. The largest absolute Gasteiger partial charge is 0.456 e. The summed E-state index contributed by atoms with van der Waals surface area (Å²) in [7, 11) is 0. The van der Waals surface area contributed by atoms with Crippen molar-refractivity contribution in [3.05, 3.63) is 188 Å². The van der Waals surface area contributed by atoms with E-state index >= 15 is 0 Å². The highest BCUT2D eigenvalue weighted by atomic mass is 16.3. The lowest BCUT2D eigenvalue weighted by atomic mass is 9.93. The molecule has 0 radical (unpaired) electrons. The highest BCUT2D eigenvalue weighted by Gasteiger charge is 2.19. The summed E-state index contributed by atoms with van der Waals surface area (Å²) >= 11 is 0. The van der Waals surface area contributed by atoms with E-state index in [1.54, 1.807) is 0 Å². The first-order chi connectivity index (χ1) is 26.2. The second-order valence-corrected chi connectivity index (χ2v) is 13.7. The standard InChI is InChI=1S/C50H31NO2/c1-2-12-37(13-3-1)51(38-23-20-33(21-24-38)35-19-18-32-10-4-5-11-34(32)28-35)39-25-26-40-43(31-49-50(45(40)30-39)42-15-7-9-17-47(42)53-49)36-22-27-48-44(29-36)41-14-6-8-16-46(41)52-48/h1-31H. The number of benzene rings is 9. The monoisotopic (exact) mass is 677 g/mol. The number of rotatable bonds is 5. The minimum Gasteiger partial charge on any atom is -0.456 e. The zero-order chi connectivity index (χ0) is 34.9. The molecule has 0 saturated heterocycles. The van der Waals surface area contributed by atoms with Crippen molar-refractivity contribution < 1.29 is 8.83 Å². The fourth-order valence-electron chi connectivity index (χ4n) is 8.09. The van der Waals surface area contributed by atoms with Crippen molar-refractivity contribution in [1.82, 2.24) is 0 Å². The van der Waals surface area contributed by atoms with Gasteiger partial charge in [0.25, 0.3) is 0 Å². The lowest BCUT2D eigenvalue weighted by Crippen LogP contribution is -2.09. The van der Waals surface area contributed by atoms with E-state index in [-0.39, 0.29) is 0 Å². The number of hydrogen-bond acceptors (Lipinski definition) is 3. The normalized spacial score (nSPS) is 11.8. The molecule has 2 heterocycles. The minimum atomic E-state index is 0.869. The van der Waals surface area contributed by atoms with Gasteiger partial charge in [0.2, 0.25) is 0 Å². The first-order valence-electron chi connectivity index (χ1n) is 18.0. The van der Waals surface area contributed by atoms with Gasteiger partial charge < -0.3 is 13.7 Å². The van der Waals surface area contributed by atoms with E-state index in [0.29, 0.717) is 0 Å². The molecule has 0 atom stereocenters. The Balaban J connectivity index is 1.11. The van der Waals surface area contributed by atoms with Crippen molar-refractivity contribution in [2.24, 2.45) is 0 Å². The van der Waals surface area contributed by atoms with Crippen LogP contribution in [0.15, 0.2) is 197 Å². The summed E-state index contributed by atoms with van der Waals surface area (Å²) in [5.41, 5.74) is 11.4. The molecule has 0 spiro atoms. The number of furan rings is 2. The maximum atomic E-state index is 6.58. The molecule has 3 heteroatoms. The number of fused-ring (bicyclic) bond motifs is 9. The van der Waals surface area contributed by atoms with Gasteiger partial charge in [-0.25, -0.2) is 0 Å². The van der Waals surface area contributed by atoms with Crippen LogP contribution in [0.25, 0.3) is 87.7 Å². The molecule has 0 unspecified atom stereocenters. The highest BCUT2D eigenvalue weighted by molar-refractivity contribution is 6.23. The molecule has 0 aliphatic rings. The summed E-state index contributed by atoms with van der Waals surface area (Å²) in [5.74, 6) is 0. The molecule has 53 heavy (non-hydrogen) atoms. The van der Waals surface area contributed by atoms with Crippen LogP contribution in [0.5, 0.6) is 0 Å². The van der Waals surface area contributed by atoms with Gasteiger partial charge in [-0.3, -0.25) is 0 Å². The molecule has 0 N–H and O–H groups in total. The van der Waals surface area contributed by atoms with Crippen LogP contribution in [0.4, 0.5) is 17.1 Å². The number of anilines is 3. The quantitative estimate of drug-likeness (QED) is 0.182. The van der Waals surface area contributed by atoms with E-state index < -0.39 is 0 Å². The van der Waals surface area contributed by atoms with Crippen molar-refractivity contribution in [2.75, 3.05) is 4.90 Å². The summed E-state index contributed by atoms with van der Waals surface area (Å²) in [5, 5.41) is 9.25. The Kier molecular flexibility index (Phi) is 6.55. The second kappa shape index (κ2) is 11.7. The van der Waals surface area contributed by atoms with Gasteiger partial charge in [0.15, 0.2) is 0 Å². The minimum absolute atomic E-state index is 0.869. The summed E-state index contributed by atoms with van der Waals surface area (Å²) in [6, 6.07) is 66.9. The zero-order valence-electron chi connectivity index (χ0n) is 28.7. The third-order valence-corrected chi connectivity index (χ3v) is 10.6. The Labute approximate surface area is 305 Å². The van der Waals surface area contributed by atoms with Gasteiger partial charge >= 0.3 is 0 Å². The van der Waals surface area contributed by atoms with Gasteiger partial charge in [0.1, 0.15) is 22.3 Å². The lowest BCUT2D eigenvalue weighted by Gasteiger charge is -2.26. The molecule has 11 aromatic rings. The van der Waals surface area contributed by atoms with E-state index in [2.05, 4.69) is 175 Å². The third kappa shape index (κ3) is 4.82. The average Bonchev–Trinajstić information content (AvgIpc) is 3.79. The molecule has 2 aromatic heterocycles. The predicted octanol–water partition coefficient (Wildman–Crippen LogP) is 14.6. The summed E-state index contributed by atoms with van der Waals surface area (Å²) in [4.78, 5) is 2.34. The van der Waals surface area contributed by atoms with E-state index in [0.717, 1.165) is 77.5 Å². The van der Waals surface area contributed by atoms with Crippen LogP contribution in [-0.4, -0.2) is 0 Å². The first kappa shape index (κ1) is 29.6. The van der Waals surface area contributed by atoms with Crippen molar-refractivity contribution in [1.29, 1.82) is 0 Å². The second-order valence-electron chi connectivity index (χ2n) is 13.7. The van der Waals surface area contributed by atoms with E-state index in [1.165, 1.54) is 27.3 Å².